The van der Waals surface area contributed by atoms with E-state index in [0.717, 1.165) is 0 Å². The summed E-state index contributed by atoms with van der Waals surface area (Å²) in [4.78, 5) is 21.4. The summed E-state index contributed by atoms with van der Waals surface area (Å²) in [5, 5.41) is 0.288. The van der Waals surface area contributed by atoms with Crippen LogP contribution in [0.4, 0.5) is 0 Å². The number of hydrogen-bond donors (Lipinski definition) is 0. The van der Waals surface area contributed by atoms with Crippen molar-refractivity contribution in [3.8, 4) is 0 Å². The van der Waals surface area contributed by atoms with E-state index in [9.17, 15) is 4.79 Å². The number of amides is 1. The minimum Gasteiger partial charge on any atom is -0.337 e. The van der Waals surface area contributed by atoms with Gasteiger partial charge in [0, 0.05) is 13.1 Å². The third-order valence-corrected chi connectivity index (χ3v) is 2.93. The summed E-state index contributed by atoms with van der Waals surface area (Å²) in [6.45, 7) is 6.15. The predicted octanol–water partition coefficient (Wildman–Crippen LogP) is 2.25. The lowest BCUT2D eigenvalue weighted by molar-refractivity contribution is 0.0700. The highest BCUT2D eigenvalue weighted by atomic mass is 35.5. The summed E-state index contributed by atoms with van der Waals surface area (Å²) in [5.41, 5.74) is 0.319. The Hall–Kier alpha value is -1.16. The molecule has 5 heteroatoms. The first-order chi connectivity index (χ1) is 7.43. The van der Waals surface area contributed by atoms with Crippen LogP contribution in [0.3, 0.4) is 0 Å². The van der Waals surface area contributed by atoms with E-state index in [2.05, 4.69) is 23.8 Å². The van der Waals surface area contributed by atoms with E-state index in [1.54, 1.807) is 11.9 Å². The average Bonchev–Trinajstić information content (AvgIpc) is 2.27. The van der Waals surface area contributed by atoms with Gasteiger partial charge in [0.25, 0.3) is 5.91 Å². The highest BCUT2D eigenvalue weighted by molar-refractivity contribution is 6.29. The van der Waals surface area contributed by atoms with Gasteiger partial charge in [-0.05, 0) is 12.8 Å². The molecule has 1 aromatic rings. The van der Waals surface area contributed by atoms with Gasteiger partial charge in [0.1, 0.15) is 10.8 Å². The van der Waals surface area contributed by atoms with E-state index >= 15 is 0 Å². The Bertz CT molecular complexity index is 364. The quantitative estimate of drug-likeness (QED) is 0.816. The molecule has 0 aliphatic rings. The lowest BCUT2D eigenvalue weighted by atomic mass is 10.1. The van der Waals surface area contributed by atoms with Crippen molar-refractivity contribution in [2.75, 3.05) is 7.05 Å². The van der Waals surface area contributed by atoms with E-state index in [4.69, 9.17) is 11.6 Å². The molecule has 0 fully saturated rings. The van der Waals surface area contributed by atoms with Crippen LogP contribution in [0.25, 0.3) is 0 Å². The molecular weight excluding hydrogens is 226 g/mol. The smallest absolute Gasteiger partial charge is 0.274 e. The summed E-state index contributed by atoms with van der Waals surface area (Å²) in [5.74, 6) is 0.263. The zero-order valence-electron chi connectivity index (χ0n) is 9.94. The lowest BCUT2D eigenvalue weighted by Crippen LogP contribution is -2.38. The zero-order valence-corrected chi connectivity index (χ0v) is 10.7. The van der Waals surface area contributed by atoms with Crippen LogP contribution in [0.2, 0.25) is 5.15 Å². The van der Waals surface area contributed by atoms with Crippen molar-refractivity contribution in [2.24, 2.45) is 5.92 Å². The van der Waals surface area contributed by atoms with Crippen molar-refractivity contribution in [3.63, 3.8) is 0 Å². The number of hydrogen-bond acceptors (Lipinski definition) is 3. The molecule has 0 saturated carbocycles. The second kappa shape index (κ2) is 5.25. The van der Waals surface area contributed by atoms with Gasteiger partial charge in [-0.15, -0.1) is 0 Å². The highest BCUT2D eigenvalue weighted by Crippen LogP contribution is 2.11. The van der Waals surface area contributed by atoms with Crippen LogP contribution in [0.15, 0.2) is 12.4 Å². The van der Waals surface area contributed by atoms with Crippen LogP contribution in [0, 0.1) is 5.92 Å². The van der Waals surface area contributed by atoms with E-state index in [0.29, 0.717) is 11.6 Å². The van der Waals surface area contributed by atoms with Gasteiger partial charge in [-0.1, -0.05) is 25.4 Å². The van der Waals surface area contributed by atoms with Crippen molar-refractivity contribution in [2.45, 2.75) is 26.8 Å². The SMILES string of the molecule is CC(C)C(C)N(C)C(=O)c1cnc(Cl)cn1. The molecule has 1 amide bonds. The maximum absolute atomic E-state index is 12.0. The largest absolute Gasteiger partial charge is 0.337 e. The predicted molar refractivity (Wildman–Crippen MR) is 63.4 cm³/mol. The summed E-state index contributed by atoms with van der Waals surface area (Å²) >= 11 is 5.61. The number of rotatable bonds is 3. The Kier molecular flexibility index (Phi) is 4.24. The van der Waals surface area contributed by atoms with Gasteiger partial charge in [0.2, 0.25) is 0 Å². The normalized spacial score (nSPS) is 12.6. The fraction of sp³-hybridized carbons (Fsp3) is 0.545. The van der Waals surface area contributed by atoms with E-state index in [1.165, 1.54) is 12.4 Å². The minimum absolute atomic E-state index is 0.134. The summed E-state index contributed by atoms with van der Waals surface area (Å²) in [6.07, 6.45) is 2.77. The van der Waals surface area contributed by atoms with Gasteiger partial charge < -0.3 is 4.90 Å². The van der Waals surface area contributed by atoms with Crippen LogP contribution in [-0.4, -0.2) is 33.9 Å². The van der Waals surface area contributed by atoms with Crippen LogP contribution in [0.5, 0.6) is 0 Å². The zero-order chi connectivity index (χ0) is 12.3. The van der Waals surface area contributed by atoms with Crippen LogP contribution in [0.1, 0.15) is 31.3 Å². The number of carbonyl (C=O) groups excluding carboxylic acids is 1. The molecule has 4 nitrogen and oxygen atoms in total. The standard InChI is InChI=1S/C11H16ClN3O/c1-7(2)8(3)15(4)11(16)9-5-14-10(12)6-13-9/h5-8H,1-4H3. The van der Waals surface area contributed by atoms with Gasteiger partial charge in [-0.3, -0.25) is 4.79 Å². The van der Waals surface area contributed by atoms with Crippen molar-refractivity contribution >= 4 is 17.5 Å². The first kappa shape index (κ1) is 12.9. The maximum atomic E-state index is 12.0. The molecule has 1 aromatic heterocycles. The third-order valence-electron chi connectivity index (χ3n) is 2.74. The van der Waals surface area contributed by atoms with Crippen LogP contribution < -0.4 is 0 Å². The van der Waals surface area contributed by atoms with E-state index in [1.807, 2.05) is 6.92 Å². The topological polar surface area (TPSA) is 46.1 Å². The lowest BCUT2D eigenvalue weighted by Gasteiger charge is -2.27. The molecule has 0 aliphatic carbocycles. The maximum Gasteiger partial charge on any atom is 0.274 e. The van der Waals surface area contributed by atoms with Crippen LogP contribution in [-0.2, 0) is 0 Å². The van der Waals surface area contributed by atoms with Crippen molar-refractivity contribution in [3.05, 3.63) is 23.2 Å². The molecule has 0 spiro atoms. The van der Waals surface area contributed by atoms with E-state index in [-0.39, 0.29) is 17.1 Å². The van der Waals surface area contributed by atoms with Gasteiger partial charge in [-0.2, -0.15) is 0 Å². The molecule has 0 radical (unpaired) electrons. The molecule has 1 rings (SSSR count). The molecule has 88 valence electrons. The third kappa shape index (κ3) is 2.92. The van der Waals surface area contributed by atoms with Gasteiger partial charge in [0.05, 0.1) is 12.4 Å². The molecule has 1 atom stereocenters. The van der Waals surface area contributed by atoms with E-state index < -0.39 is 0 Å². The summed E-state index contributed by atoms with van der Waals surface area (Å²) in [7, 11) is 1.77. The van der Waals surface area contributed by atoms with Crippen molar-refractivity contribution < 1.29 is 4.79 Å². The fourth-order valence-corrected chi connectivity index (χ4v) is 1.33. The van der Waals surface area contributed by atoms with Crippen LogP contribution >= 0.6 is 11.6 Å². The average molecular weight is 242 g/mol. The molecule has 0 saturated heterocycles. The first-order valence-corrected chi connectivity index (χ1v) is 5.56. The van der Waals surface area contributed by atoms with Crippen molar-refractivity contribution in [1.29, 1.82) is 0 Å². The Morgan fingerprint density at radius 3 is 2.38 bits per heavy atom. The number of aromatic nitrogens is 2. The number of halogens is 1. The highest BCUT2D eigenvalue weighted by Gasteiger charge is 2.20. The first-order valence-electron chi connectivity index (χ1n) is 5.18. The van der Waals surface area contributed by atoms with Gasteiger partial charge in [0.15, 0.2) is 0 Å². The van der Waals surface area contributed by atoms with Crippen molar-refractivity contribution in [1.82, 2.24) is 14.9 Å². The van der Waals surface area contributed by atoms with Gasteiger partial charge >= 0.3 is 0 Å². The number of carbonyl (C=O) groups is 1. The van der Waals surface area contributed by atoms with Gasteiger partial charge in [-0.25, -0.2) is 9.97 Å². The molecule has 1 heterocycles. The fourth-order valence-electron chi connectivity index (χ4n) is 1.24. The number of nitrogens with zero attached hydrogens (tertiary/aromatic N) is 3. The monoisotopic (exact) mass is 241 g/mol. The molecule has 0 aromatic carbocycles. The molecule has 0 aliphatic heterocycles. The molecule has 0 bridgehead atoms. The summed E-state index contributed by atoms with van der Waals surface area (Å²) < 4.78 is 0. The second-order valence-electron chi connectivity index (χ2n) is 4.13. The Morgan fingerprint density at radius 2 is 1.94 bits per heavy atom. The Labute approximate surface area is 101 Å². The molecule has 1 unspecified atom stereocenters. The Balaban J connectivity index is 2.82. The molecular formula is C11H16ClN3O. The Morgan fingerprint density at radius 1 is 1.31 bits per heavy atom. The second-order valence-corrected chi connectivity index (χ2v) is 4.51. The summed E-state index contributed by atoms with van der Waals surface area (Å²) in [6, 6.07) is 0.157. The minimum atomic E-state index is -0.134. The molecule has 0 N–H and O–H groups in total. The molecule has 16 heavy (non-hydrogen) atoms.